The van der Waals surface area contributed by atoms with Crippen LogP contribution in [0, 0.1) is 12.8 Å². The normalized spacial score (nSPS) is 17.1. The average molecular weight is 292 g/mol. The van der Waals surface area contributed by atoms with Crippen molar-refractivity contribution >= 4 is 11.6 Å². The zero-order chi connectivity index (χ0) is 15.5. The molecule has 1 aliphatic rings. The van der Waals surface area contributed by atoms with E-state index < -0.39 is 5.60 Å². The summed E-state index contributed by atoms with van der Waals surface area (Å²) in [4.78, 5) is 16.8. The molecule has 1 unspecified atom stereocenters. The summed E-state index contributed by atoms with van der Waals surface area (Å²) in [5, 5.41) is 2.92. The number of ether oxygens (including phenoxy) is 2. The molecule has 5 nitrogen and oxygen atoms in total. The predicted molar refractivity (Wildman–Crippen MR) is 81.5 cm³/mol. The lowest BCUT2D eigenvalue weighted by Crippen LogP contribution is -2.44. The molecule has 1 amide bonds. The van der Waals surface area contributed by atoms with Crippen molar-refractivity contribution in [1.82, 2.24) is 4.98 Å². The minimum absolute atomic E-state index is 0.0998. The molecule has 1 saturated carbocycles. The monoisotopic (exact) mass is 292 g/mol. The number of carbonyl (C=O) groups excluding carboxylic acids is 1. The highest BCUT2D eigenvalue weighted by molar-refractivity contribution is 5.97. The Balaban J connectivity index is 2.09. The number of aryl methyl sites for hydroxylation is 1. The minimum Gasteiger partial charge on any atom is -0.478 e. The fourth-order valence-electron chi connectivity index (χ4n) is 2.48. The van der Waals surface area contributed by atoms with Gasteiger partial charge in [-0.05, 0) is 52.5 Å². The van der Waals surface area contributed by atoms with Gasteiger partial charge in [-0.15, -0.1) is 0 Å². The molecule has 0 radical (unpaired) electrons. The van der Waals surface area contributed by atoms with E-state index in [9.17, 15) is 4.79 Å². The molecule has 1 aliphatic carbocycles. The van der Waals surface area contributed by atoms with E-state index in [1.807, 2.05) is 33.8 Å². The molecule has 0 aliphatic heterocycles. The molecular formula is C16H24N2O3. The van der Waals surface area contributed by atoms with E-state index in [-0.39, 0.29) is 5.91 Å². The summed E-state index contributed by atoms with van der Waals surface area (Å²) in [5.41, 5.74) is 0.827. The third-order valence-electron chi connectivity index (χ3n) is 3.82. The highest BCUT2D eigenvalue weighted by Gasteiger charge is 2.48. The molecule has 0 spiro atoms. The Morgan fingerprint density at radius 2 is 2.14 bits per heavy atom. The number of nitrogens with zero attached hydrogens (tertiary/aromatic N) is 1. The quantitative estimate of drug-likeness (QED) is 0.839. The van der Waals surface area contributed by atoms with Crippen LogP contribution >= 0.6 is 0 Å². The van der Waals surface area contributed by atoms with Gasteiger partial charge in [0.2, 0.25) is 5.88 Å². The minimum atomic E-state index is -0.749. The number of hydrogen-bond acceptors (Lipinski definition) is 4. The van der Waals surface area contributed by atoms with Gasteiger partial charge < -0.3 is 14.8 Å². The smallest absolute Gasteiger partial charge is 0.256 e. The maximum atomic E-state index is 12.5. The van der Waals surface area contributed by atoms with Crippen molar-refractivity contribution in [3.8, 4) is 5.88 Å². The summed E-state index contributed by atoms with van der Waals surface area (Å²) in [7, 11) is 0. The van der Waals surface area contributed by atoms with E-state index in [0.717, 1.165) is 18.4 Å². The Hall–Kier alpha value is -1.62. The fourth-order valence-corrected chi connectivity index (χ4v) is 2.48. The highest BCUT2D eigenvalue weighted by atomic mass is 16.5. The van der Waals surface area contributed by atoms with E-state index in [1.54, 1.807) is 6.20 Å². The molecule has 1 atom stereocenters. The van der Waals surface area contributed by atoms with E-state index in [4.69, 9.17) is 9.47 Å². The molecule has 2 rings (SSSR count). The maximum absolute atomic E-state index is 12.5. The van der Waals surface area contributed by atoms with Gasteiger partial charge in [-0.1, -0.05) is 0 Å². The van der Waals surface area contributed by atoms with E-state index in [1.165, 1.54) is 0 Å². The number of rotatable bonds is 7. The van der Waals surface area contributed by atoms with Gasteiger partial charge in [-0.3, -0.25) is 4.79 Å². The second-order valence-electron chi connectivity index (χ2n) is 5.55. The van der Waals surface area contributed by atoms with Crippen LogP contribution in [-0.4, -0.2) is 29.7 Å². The summed E-state index contributed by atoms with van der Waals surface area (Å²) in [6.07, 6.45) is 3.71. The van der Waals surface area contributed by atoms with Crippen molar-refractivity contribution in [2.45, 2.75) is 46.1 Å². The lowest BCUT2D eigenvalue weighted by atomic mass is 9.99. The Morgan fingerprint density at radius 3 is 2.67 bits per heavy atom. The highest BCUT2D eigenvalue weighted by Crippen LogP contribution is 2.42. The first-order valence-corrected chi connectivity index (χ1v) is 7.56. The van der Waals surface area contributed by atoms with Crippen LogP contribution in [0.25, 0.3) is 0 Å². The Labute approximate surface area is 126 Å². The number of aromatic nitrogens is 1. The summed E-state index contributed by atoms with van der Waals surface area (Å²) in [6.45, 7) is 8.72. The largest absolute Gasteiger partial charge is 0.478 e. The van der Waals surface area contributed by atoms with Crippen molar-refractivity contribution < 1.29 is 14.3 Å². The molecule has 0 aromatic carbocycles. The van der Waals surface area contributed by atoms with Gasteiger partial charge in [0.15, 0.2) is 0 Å². The summed E-state index contributed by atoms with van der Waals surface area (Å²) in [6, 6.07) is 1.87. The first-order valence-electron chi connectivity index (χ1n) is 7.56. The van der Waals surface area contributed by atoms with Crippen molar-refractivity contribution in [2.24, 2.45) is 5.92 Å². The van der Waals surface area contributed by atoms with Crippen LogP contribution < -0.4 is 10.1 Å². The molecule has 0 bridgehead atoms. The van der Waals surface area contributed by atoms with Crippen molar-refractivity contribution in [2.75, 3.05) is 18.5 Å². The molecule has 0 saturated heterocycles. The van der Waals surface area contributed by atoms with E-state index >= 15 is 0 Å². The third-order valence-corrected chi connectivity index (χ3v) is 3.82. The van der Waals surface area contributed by atoms with Crippen LogP contribution in [-0.2, 0) is 9.53 Å². The SMILES string of the molecule is CCOc1ncc(NC(=O)C(C)(OCC)C2CC2)cc1C. The summed E-state index contributed by atoms with van der Waals surface area (Å²) in [5.74, 6) is 0.816. The molecule has 1 heterocycles. The lowest BCUT2D eigenvalue weighted by molar-refractivity contribution is -0.141. The van der Waals surface area contributed by atoms with Crippen molar-refractivity contribution in [3.05, 3.63) is 17.8 Å². The van der Waals surface area contributed by atoms with Crippen LogP contribution in [0.15, 0.2) is 12.3 Å². The Morgan fingerprint density at radius 1 is 1.43 bits per heavy atom. The first kappa shape index (κ1) is 15.8. The topological polar surface area (TPSA) is 60.5 Å². The first-order chi connectivity index (χ1) is 10.0. The number of amides is 1. The van der Waals surface area contributed by atoms with Gasteiger partial charge >= 0.3 is 0 Å². The van der Waals surface area contributed by atoms with E-state index in [0.29, 0.717) is 30.7 Å². The number of carbonyl (C=O) groups is 1. The number of pyridine rings is 1. The van der Waals surface area contributed by atoms with Crippen LogP contribution in [0.2, 0.25) is 0 Å². The number of nitrogens with one attached hydrogen (secondary N) is 1. The molecule has 21 heavy (non-hydrogen) atoms. The second-order valence-corrected chi connectivity index (χ2v) is 5.55. The lowest BCUT2D eigenvalue weighted by Gasteiger charge is -2.28. The standard InChI is InChI=1S/C16H24N2O3/c1-5-20-14-11(3)9-13(10-17-14)18-15(19)16(4,21-6-2)12-7-8-12/h9-10,12H,5-8H2,1-4H3,(H,18,19). The molecule has 1 fully saturated rings. The molecule has 5 heteroatoms. The van der Waals surface area contributed by atoms with Crippen LogP contribution in [0.1, 0.15) is 39.2 Å². The van der Waals surface area contributed by atoms with Crippen molar-refractivity contribution in [3.63, 3.8) is 0 Å². The zero-order valence-electron chi connectivity index (χ0n) is 13.2. The van der Waals surface area contributed by atoms with Gasteiger partial charge in [0.25, 0.3) is 5.91 Å². The van der Waals surface area contributed by atoms with E-state index in [2.05, 4.69) is 10.3 Å². The zero-order valence-corrected chi connectivity index (χ0v) is 13.2. The van der Waals surface area contributed by atoms with Gasteiger partial charge in [0.1, 0.15) is 5.60 Å². The Bertz CT molecular complexity index is 514. The average Bonchev–Trinajstić information content (AvgIpc) is 3.27. The molecule has 1 aromatic rings. The Kier molecular flexibility index (Phi) is 4.83. The molecule has 116 valence electrons. The summed E-state index contributed by atoms with van der Waals surface area (Å²) < 4.78 is 11.1. The second kappa shape index (κ2) is 6.43. The van der Waals surface area contributed by atoms with Crippen molar-refractivity contribution in [1.29, 1.82) is 0 Å². The number of anilines is 1. The maximum Gasteiger partial charge on any atom is 0.256 e. The van der Waals surface area contributed by atoms with Gasteiger partial charge in [0.05, 0.1) is 18.5 Å². The van der Waals surface area contributed by atoms with Gasteiger partial charge in [0, 0.05) is 12.2 Å². The molecule has 1 aromatic heterocycles. The molecular weight excluding hydrogens is 268 g/mol. The molecule has 1 N–H and O–H groups in total. The van der Waals surface area contributed by atoms with Gasteiger partial charge in [-0.2, -0.15) is 0 Å². The number of hydrogen-bond donors (Lipinski definition) is 1. The van der Waals surface area contributed by atoms with Crippen LogP contribution in [0.3, 0.4) is 0 Å². The van der Waals surface area contributed by atoms with Crippen LogP contribution in [0.5, 0.6) is 5.88 Å². The van der Waals surface area contributed by atoms with Crippen LogP contribution in [0.4, 0.5) is 5.69 Å². The predicted octanol–water partition coefficient (Wildman–Crippen LogP) is 2.93. The third kappa shape index (κ3) is 3.53. The fraction of sp³-hybridized carbons (Fsp3) is 0.625. The van der Waals surface area contributed by atoms with Gasteiger partial charge in [-0.25, -0.2) is 4.98 Å². The summed E-state index contributed by atoms with van der Waals surface area (Å²) >= 11 is 0.